The molecule has 0 aliphatic carbocycles. The number of carbonyl (C=O) groups is 3. The van der Waals surface area contributed by atoms with Gasteiger partial charge < -0.3 is 21.0 Å². The van der Waals surface area contributed by atoms with E-state index in [0.29, 0.717) is 0 Å². The maximum absolute atomic E-state index is 12.2. The van der Waals surface area contributed by atoms with Crippen LogP contribution in [0, 0.1) is 0 Å². The zero-order chi connectivity index (χ0) is 17.2. The highest BCUT2D eigenvalue weighted by Crippen LogP contribution is 2.15. The van der Waals surface area contributed by atoms with E-state index >= 15 is 0 Å². The van der Waals surface area contributed by atoms with Gasteiger partial charge in [0.25, 0.3) is 11.8 Å². The molecule has 1 unspecified atom stereocenters. The predicted octanol–water partition coefficient (Wildman–Crippen LogP) is -0.595. The second kappa shape index (κ2) is 6.12. The van der Waals surface area contributed by atoms with Crippen LogP contribution < -0.4 is 11.1 Å². The van der Waals surface area contributed by atoms with Gasteiger partial charge in [-0.1, -0.05) is 5.16 Å². The van der Waals surface area contributed by atoms with Crippen molar-refractivity contribution in [2.24, 2.45) is 10.1 Å². The van der Waals surface area contributed by atoms with Gasteiger partial charge in [0, 0.05) is 11.6 Å². The zero-order valence-electron chi connectivity index (χ0n) is 12.1. The summed E-state index contributed by atoms with van der Waals surface area (Å²) >= 11 is 1.07. The smallest absolute Gasteiger partial charge is 0.350 e. The molecule has 1 atom stereocenters. The SMILES string of the molecule is CC(C)(O/N=C(\C(=O)NC1C=NC1=O)c1csc(N)n1)C(=O)O. The van der Waals surface area contributed by atoms with Crippen molar-refractivity contribution >= 4 is 46.2 Å². The Morgan fingerprint density at radius 2 is 2.22 bits per heavy atom. The Morgan fingerprint density at radius 3 is 2.65 bits per heavy atom. The van der Waals surface area contributed by atoms with Crippen LogP contribution in [0.15, 0.2) is 15.5 Å². The number of nitrogen functional groups attached to an aromatic ring is 1. The van der Waals surface area contributed by atoms with Crippen LogP contribution in [-0.4, -0.2) is 51.4 Å². The summed E-state index contributed by atoms with van der Waals surface area (Å²) in [6, 6.07) is -0.851. The standard InChI is InChI=1S/C12H13N5O5S/c1-12(2,10(20)21)22-17-7(6-4-23-11(13)16-6)9(19)15-5-3-14-8(5)18/h3-5H,1-2H3,(H2,13,16)(H,15,19)(H,20,21)/b17-7-. The number of oxime groups is 1. The minimum atomic E-state index is -1.65. The molecule has 1 aromatic rings. The normalized spacial score (nSPS) is 17.6. The number of aliphatic imine (C=N–C) groups is 1. The summed E-state index contributed by atoms with van der Waals surface area (Å²) in [5, 5.41) is 16.6. The lowest BCUT2D eigenvalue weighted by Crippen LogP contribution is -2.49. The van der Waals surface area contributed by atoms with Crippen LogP contribution in [0.1, 0.15) is 19.5 Å². The van der Waals surface area contributed by atoms with E-state index in [9.17, 15) is 14.4 Å². The van der Waals surface area contributed by atoms with Crippen LogP contribution in [0.4, 0.5) is 5.13 Å². The third-order valence-corrected chi connectivity index (χ3v) is 3.44. The maximum Gasteiger partial charge on any atom is 0.350 e. The molecule has 11 heteroatoms. The molecular weight excluding hydrogens is 326 g/mol. The van der Waals surface area contributed by atoms with Gasteiger partial charge in [0.1, 0.15) is 11.7 Å². The first-order valence-corrected chi connectivity index (χ1v) is 7.18. The van der Waals surface area contributed by atoms with Crippen LogP contribution in [0.5, 0.6) is 0 Å². The molecule has 0 spiro atoms. The molecule has 0 saturated carbocycles. The lowest BCUT2D eigenvalue weighted by atomic mass is 10.1. The highest BCUT2D eigenvalue weighted by atomic mass is 32.1. The third kappa shape index (κ3) is 3.69. The Kier molecular flexibility index (Phi) is 4.40. The number of nitrogens with zero attached hydrogens (tertiary/aromatic N) is 3. The second-order valence-corrected chi connectivity index (χ2v) is 5.87. The first-order chi connectivity index (χ1) is 10.7. The van der Waals surface area contributed by atoms with Crippen LogP contribution in [-0.2, 0) is 19.2 Å². The third-order valence-electron chi connectivity index (χ3n) is 2.76. The number of nitrogens with two attached hydrogens (primary N) is 1. The van der Waals surface area contributed by atoms with Crippen LogP contribution >= 0.6 is 11.3 Å². The van der Waals surface area contributed by atoms with Gasteiger partial charge in [0.05, 0.1) is 0 Å². The summed E-state index contributed by atoms with van der Waals surface area (Å²) in [6.07, 6.45) is 1.26. The van der Waals surface area contributed by atoms with Crippen LogP contribution in [0.25, 0.3) is 0 Å². The number of hydrogen-bond donors (Lipinski definition) is 3. The van der Waals surface area contributed by atoms with E-state index in [4.69, 9.17) is 15.7 Å². The highest BCUT2D eigenvalue weighted by Gasteiger charge is 2.32. The van der Waals surface area contributed by atoms with Gasteiger partial charge in [0.2, 0.25) is 5.60 Å². The molecule has 2 heterocycles. The van der Waals surface area contributed by atoms with E-state index in [1.165, 1.54) is 25.4 Å². The van der Waals surface area contributed by atoms with Crippen molar-refractivity contribution in [1.82, 2.24) is 10.3 Å². The number of amides is 2. The lowest BCUT2D eigenvalue weighted by molar-refractivity contribution is -0.161. The molecule has 23 heavy (non-hydrogen) atoms. The number of carboxylic acid groups (broad SMARTS) is 1. The number of rotatable bonds is 6. The Hall–Kier alpha value is -2.82. The van der Waals surface area contributed by atoms with Gasteiger partial charge in [-0.2, -0.15) is 0 Å². The van der Waals surface area contributed by atoms with Crippen molar-refractivity contribution in [2.45, 2.75) is 25.5 Å². The van der Waals surface area contributed by atoms with Gasteiger partial charge in [0.15, 0.2) is 10.8 Å². The molecule has 0 radical (unpaired) electrons. The van der Waals surface area contributed by atoms with Crippen molar-refractivity contribution in [3.63, 3.8) is 0 Å². The zero-order valence-corrected chi connectivity index (χ0v) is 13.0. The number of nitrogens with one attached hydrogen (secondary N) is 1. The fourth-order valence-electron chi connectivity index (χ4n) is 1.32. The molecule has 2 amide bonds. The summed E-state index contributed by atoms with van der Waals surface area (Å²) in [7, 11) is 0. The summed E-state index contributed by atoms with van der Waals surface area (Å²) in [5.41, 5.74) is 3.68. The fraction of sp³-hybridized carbons (Fsp3) is 0.333. The number of aliphatic carboxylic acids is 1. The van der Waals surface area contributed by atoms with Gasteiger partial charge >= 0.3 is 5.97 Å². The molecular formula is C12H13N5O5S. The Bertz CT molecular complexity index is 723. The summed E-state index contributed by atoms with van der Waals surface area (Å²) in [5.74, 6) is -2.52. The van der Waals surface area contributed by atoms with E-state index in [0.717, 1.165) is 11.3 Å². The minimum Gasteiger partial charge on any atom is -0.478 e. The van der Waals surface area contributed by atoms with Gasteiger partial charge in [-0.3, -0.25) is 9.59 Å². The first-order valence-electron chi connectivity index (χ1n) is 6.30. The average molecular weight is 339 g/mol. The van der Waals surface area contributed by atoms with Crippen molar-refractivity contribution in [1.29, 1.82) is 0 Å². The van der Waals surface area contributed by atoms with E-state index in [2.05, 4.69) is 20.4 Å². The van der Waals surface area contributed by atoms with Crippen LogP contribution in [0.2, 0.25) is 0 Å². The molecule has 0 bridgehead atoms. The molecule has 1 aliphatic heterocycles. The molecule has 1 aromatic heterocycles. The van der Waals surface area contributed by atoms with Crippen molar-refractivity contribution < 1.29 is 24.3 Å². The average Bonchev–Trinajstić information content (AvgIpc) is 2.89. The van der Waals surface area contributed by atoms with E-state index in [-0.39, 0.29) is 16.5 Å². The van der Waals surface area contributed by atoms with Crippen molar-refractivity contribution in [3.05, 3.63) is 11.1 Å². The molecule has 10 nitrogen and oxygen atoms in total. The Labute approximate surface area is 134 Å². The number of hydrogen-bond acceptors (Lipinski definition) is 8. The first kappa shape index (κ1) is 16.5. The highest BCUT2D eigenvalue weighted by molar-refractivity contribution is 7.13. The molecule has 0 fully saturated rings. The maximum atomic E-state index is 12.2. The van der Waals surface area contributed by atoms with Crippen molar-refractivity contribution in [3.8, 4) is 0 Å². The molecule has 0 aromatic carbocycles. The molecule has 122 valence electrons. The Morgan fingerprint density at radius 1 is 1.52 bits per heavy atom. The number of carboxylic acids is 1. The monoisotopic (exact) mass is 339 g/mol. The topological polar surface area (TPSA) is 156 Å². The predicted molar refractivity (Wildman–Crippen MR) is 81.3 cm³/mol. The molecule has 4 N–H and O–H groups in total. The van der Waals surface area contributed by atoms with Gasteiger partial charge in [-0.05, 0) is 13.8 Å². The number of anilines is 1. The van der Waals surface area contributed by atoms with Crippen molar-refractivity contribution in [2.75, 3.05) is 5.73 Å². The minimum absolute atomic E-state index is 0.106. The summed E-state index contributed by atoms with van der Waals surface area (Å²) in [6.45, 7) is 2.54. The lowest BCUT2D eigenvalue weighted by Gasteiger charge is -2.19. The second-order valence-electron chi connectivity index (χ2n) is 4.99. The van der Waals surface area contributed by atoms with E-state index < -0.39 is 29.4 Å². The Balaban J connectivity index is 2.24. The fourth-order valence-corrected chi connectivity index (χ4v) is 1.87. The molecule has 2 rings (SSSR count). The van der Waals surface area contributed by atoms with E-state index in [1.807, 2.05) is 0 Å². The number of thiazole rings is 1. The molecule has 0 saturated heterocycles. The number of carbonyl (C=O) groups excluding carboxylic acids is 2. The van der Waals surface area contributed by atoms with Gasteiger partial charge in [-0.25, -0.2) is 14.8 Å². The molecule has 1 aliphatic rings. The van der Waals surface area contributed by atoms with Crippen LogP contribution in [0.3, 0.4) is 0 Å². The van der Waals surface area contributed by atoms with E-state index in [1.54, 1.807) is 0 Å². The van der Waals surface area contributed by atoms with Gasteiger partial charge in [-0.15, -0.1) is 11.3 Å². The number of aromatic nitrogens is 1. The summed E-state index contributed by atoms with van der Waals surface area (Å²) < 4.78 is 0. The summed E-state index contributed by atoms with van der Waals surface area (Å²) in [4.78, 5) is 46.6. The largest absolute Gasteiger partial charge is 0.478 e. The quantitative estimate of drug-likeness (QED) is 0.461.